The van der Waals surface area contributed by atoms with Crippen molar-refractivity contribution in [3.63, 3.8) is 0 Å². The van der Waals surface area contributed by atoms with Gasteiger partial charge >= 0.3 is 12.0 Å². The van der Waals surface area contributed by atoms with Crippen molar-refractivity contribution in [3.05, 3.63) is 16.1 Å². The van der Waals surface area contributed by atoms with E-state index in [1.165, 1.54) is 18.4 Å². The Balaban J connectivity index is 2.37. The number of nitrogens with one attached hydrogen (secondary N) is 2. The summed E-state index contributed by atoms with van der Waals surface area (Å²) in [6.45, 7) is 3.92. The van der Waals surface area contributed by atoms with Gasteiger partial charge in [-0.05, 0) is 13.8 Å². The van der Waals surface area contributed by atoms with Gasteiger partial charge in [0.25, 0.3) is 0 Å². The molecule has 0 spiro atoms. The topological polar surface area (TPSA) is 101 Å². The lowest BCUT2D eigenvalue weighted by Gasteiger charge is -2.16. The second-order valence-corrected chi connectivity index (χ2v) is 5.61. The number of aliphatic carboxylic acids is 1. The molecule has 0 aliphatic rings. The Hall–Kier alpha value is -1.67. The van der Waals surface area contributed by atoms with Crippen molar-refractivity contribution >= 4 is 23.3 Å². The summed E-state index contributed by atoms with van der Waals surface area (Å²) in [5.41, 5.74) is 0. The van der Waals surface area contributed by atoms with Crippen LogP contribution < -0.4 is 10.6 Å². The van der Waals surface area contributed by atoms with E-state index in [-0.39, 0.29) is 25.0 Å². The highest BCUT2D eigenvalue weighted by Gasteiger charge is 2.16. The van der Waals surface area contributed by atoms with Gasteiger partial charge in [-0.25, -0.2) is 9.78 Å². The van der Waals surface area contributed by atoms with Crippen LogP contribution in [0.15, 0.2) is 6.20 Å². The van der Waals surface area contributed by atoms with E-state index >= 15 is 0 Å². The molecule has 2 atom stereocenters. The monoisotopic (exact) mass is 301 g/mol. The third-order valence-corrected chi connectivity index (χ3v) is 3.68. The van der Waals surface area contributed by atoms with Crippen LogP contribution in [0.4, 0.5) is 4.79 Å². The first-order chi connectivity index (χ1) is 9.42. The van der Waals surface area contributed by atoms with Gasteiger partial charge in [0.1, 0.15) is 5.01 Å². The summed E-state index contributed by atoms with van der Waals surface area (Å²) in [4.78, 5) is 27.5. The number of carbonyl (C=O) groups excluding carboxylic acids is 1. The van der Waals surface area contributed by atoms with E-state index in [0.717, 1.165) is 9.88 Å². The smallest absolute Gasteiger partial charge is 0.315 e. The standard InChI is InChI=1S/C12H19N3O4S/c1-7-5-13-11(20-7)8(2)15-12(18)14-6-9(19-3)4-10(16)17/h5,8-9H,4,6H2,1-3H3,(H,16,17)(H2,14,15,18). The molecule has 1 heterocycles. The summed E-state index contributed by atoms with van der Waals surface area (Å²) in [6.07, 6.45) is 1.05. The van der Waals surface area contributed by atoms with E-state index in [4.69, 9.17) is 9.84 Å². The van der Waals surface area contributed by atoms with E-state index in [1.807, 2.05) is 13.8 Å². The number of rotatable bonds is 7. The predicted octanol–water partition coefficient (Wildman–Crippen LogP) is 1.30. The fourth-order valence-electron chi connectivity index (χ4n) is 1.52. The third-order valence-electron chi connectivity index (χ3n) is 2.58. The van der Waals surface area contributed by atoms with Gasteiger partial charge in [-0.15, -0.1) is 11.3 Å². The molecular formula is C12H19N3O4S. The van der Waals surface area contributed by atoms with Gasteiger partial charge in [-0.3, -0.25) is 4.79 Å². The van der Waals surface area contributed by atoms with Crippen molar-refractivity contribution in [2.75, 3.05) is 13.7 Å². The fraction of sp³-hybridized carbons (Fsp3) is 0.583. The number of aryl methyl sites for hydroxylation is 1. The van der Waals surface area contributed by atoms with Gasteiger partial charge in [0.05, 0.1) is 18.6 Å². The molecule has 1 aromatic heterocycles. The number of carbonyl (C=O) groups is 2. The number of urea groups is 1. The van der Waals surface area contributed by atoms with Crippen molar-refractivity contribution in [1.29, 1.82) is 0 Å². The molecule has 112 valence electrons. The molecule has 1 aromatic rings. The lowest BCUT2D eigenvalue weighted by molar-refractivity contribution is -0.139. The van der Waals surface area contributed by atoms with Gasteiger partial charge < -0.3 is 20.5 Å². The maximum Gasteiger partial charge on any atom is 0.315 e. The molecular weight excluding hydrogens is 282 g/mol. The molecule has 0 aromatic carbocycles. The van der Waals surface area contributed by atoms with E-state index in [0.29, 0.717) is 0 Å². The highest BCUT2D eigenvalue weighted by atomic mass is 32.1. The molecule has 0 aliphatic heterocycles. The molecule has 2 amide bonds. The first-order valence-electron chi connectivity index (χ1n) is 6.13. The largest absolute Gasteiger partial charge is 0.481 e. The molecule has 3 N–H and O–H groups in total. The van der Waals surface area contributed by atoms with Gasteiger partial charge in [-0.1, -0.05) is 0 Å². The van der Waals surface area contributed by atoms with Gasteiger partial charge in [0, 0.05) is 24.7 Å². The summed E-state index contributed by atoms with van der Waals surface area (Å²) in [5.74, 6) is -0.967. The number of methoxy groups -OCH3 is 1. The molecule has 2 unspecified atom stereocenters. The van der Waals surface area contributed by atoms with E-state index in [2.05, 4.69) is 15.6 Å². The highest BCUT2D eigenvalue weighted by molar-refractivity contribution is 7.11. The summed E-state index contributed by atoms with van der Waals surface area (Å²) >= 11 is 1.52. The zero-order valence-electron chi connectivity index (χ0n) is 11.7. The lowest BCUT2D eigenvalue weighted by atomic mass is 10.2. The maximum absolute atomic E-state index is 11.7. The Morgan fingerprint density at radius 3 is 2.75 bits per heavy atom. The predicted molar refractivity (Wildman–Crippen MR) is 74.9 cm³/mol. The van der Waals surface area contributed by atoms with Crippen LogP contribution in [0.25, 0.3) is 0 Å². The van der Waals surface area contributed by atoms with Crippen LogP contribution in [0, 0.1) is 6.92 Å². The number of carboxylic acid groups (broad SMARTS) is 1. The number of nitrogens with zero attached hydrogens (tertiary/aromatic N) is 1. The maximum atomic E-state index is 11.7. The molecule has 0 bridgehead atoms. The Bertz CT molecular complexity index is 463. The Morgan fingerprint density at radius 2 is 2.25 bits per heavy atom. The molecule has 8 heteroatoms. The van der Waals surface area contributed by atoms with E-state index < -0.39 is 12.1 Å². The zero-order valence-corrected chi connectivity index (χ0v) is 12.5. The van der Waals surface area contributed by atoms with Crippen molar-refractivity contribution < 1.29 is 19.4 Å². The number of aromatic nitrogens is 1. The minimum absolute atomic E-state index is 0.137. The summed E-state index contributed by atoms with van der Waals surface area (Å²) < 4.78 is 4.97. The number of hydrogen-bond acceptors (Lipinski definition) is 5. The SMILES string of the molecule is COC(CNC(=O)NC(C)c1ncc(C)s1)CC(=O)O. The highest BCUT2D eigenvalue weighted by Crippen LogP contribution is 2.18. The molecule has 0 saturated heterocycles. The molecule has 0 saturated carbocycles. The molecule has 0 fully saturated rings. The minimum atomic E-state index is -0.967. The summed E-state index contributed by atoms with van der Waals surface area (Å²) in [6, 6.07) is -0.577. The van der Waals surface area contributed by atoms with E-state index in [1.54, 1.807) is 6.20 Å². The second-order valence-electron chi connectivity index (χ2n) is 4.34. The number of hydrogen-bond donors (Lipinski definition) is 3. The molecule has 0 aliphatic carbocycles. The fourth-order valence-corrected chi connectivity index (χ4v) is 2.30. The Morgan fingerprint density at radius 1 is 1.55 bits per heavy atom. The molecule has 7 nitrogen and oxygen atoms in total. The lowest BCUT2D eigenvalue weighted by Crippen LogP contribution is -2.41. The van der Waals surface area contributed by atoms with Crippen molar-refractivity contribution in [3.8, 4) is 0 Å². The van der Waals surface area contributed by atoms with E-state index in [9.17, 15) is 9.59 Å². The zero-order chi connectivity index (χ0) is 15.1. The van der Waals surface area contributed by atoms with Crippen LogP contribution in [-0.4, -0.2) is 41.8 Å². The summed E-state index contributed by atoms with van der Waals surface area (Å²) in [7, 11) is 1.41. The number of amides is 2. The summed E-state index contributed by atoms with van der Waals surface area (Å²) in [5, 5.41) is 14.8. The van der Waals surface area contributed by atoms with Crippen molar-refractivity contribution in [2.24, 2.45) is 0 Å². The van der Waals surface area contributed by atoms with Crippen LogP contribution in [0.2, 0.25) is 0 Å². The third kappa shape index (κ3) is 5.54. The Kier molecular flexibility index (Phi) is 6.40. The quantitative estimate of drug-likeness (QED) is 0.705. The van der Waals surface area contributed by atoms with Crippen LogP contribution >= 0.6 is 11.3 Å². The van der Waals surface area contributed by atoms with Crippen LogP contribution in [0.3, 0.4) is 0 Å². The van der Waals surface area contributed by atoms with Crippen molar-refractivity contribution in [2.45, 2.75) is 32.4 Å². The number of ether oxygens (including phenoxy) is 1. The van der Waals surface area contributed by atoms with Gasteiger partial charge in [0.2, 0.25) is 0 Å². The van der Waals surface area contributed by atoms with Gasteiger partial charge in [0.15, 0.2) is 0 Å². The number of carboxylic acids is 1. The van der Waals surface area contributed by atoms with Crippen LogP contribution in [-0.2, 0) is 9.53 Å². The Labute approximate surface area is 121 Å². The normalized spacial score (nSPS) is 13.6. The molecule has 20 heavy (non-hydrogen) atoms. The average molecular weight is 301 g/mol. The van der Waals surface area contributed by atoms with Crippen LogP contribution in [0.1, 0.15) is 29.3 Å². The van der Waals surface area contributed by atoms with Crippen LogP contribution in [0.5, 0.6) is 0 Å². The van der Waals surface area contributed by atoms with Gasteiger partial charge in [-0.2, -0.15) is 0 Å². The average Bonchev–Trinajstić information content (AvgIpc) is 2.80. The number of thiazole rings is 1. The van der Waals surface area contributed by atoms with Crippen molar-refractivity contribution in [1.82, 2.24) is 15.6 Å². The first-order valence-corrected chi connectivity index (χ1v) is 6.95. The molecule has 1 rings (SSSR count). The first kappa shape index (κ1) is 16.4. The molecule has 0 radical (unpaired) electrons. The second kappa shape index (κ2) is 7.81. The minimum Gasteiger partial charge on any atom is -0.481 e.